The van der Waals surface area contributed by atoms with E-state index in [-0.39, 0.29) is 13.2 Å². The summed E-state index contributed by atoms with van der Waals surface area (Å²) in [6, 6.07) is 0. The summed E-state index contributed by atoms with van der Waals surface area (Å²) < 4.78 is 22.7. The van der Waals surface area contributed by atoms with Crippen LogP contribution in [0.5, 0.6) is 0 Å². The van der Waals surface area contributed by atoms with Gasteiger partial charge >= 0.3 is 0 Å². The molecule has 0 saturated heterocycles. The fourth-order valence-corrected chi connectivity index (χ4v) is 1.55. The zero-order valence-electron chi connectivity index (χ0n) is 6.24. The molecular weight excluding hydrogens is 154 g/mol. The van der Waals surface area contributed by atoms with E-state index in [1.807, 2.05) is 0 Å². The Kier molecular flexibility index (Phi) is 3.85. The van der Waals surface area contributed by atoms with Gasteiger partial charge in [-0.15, -0.1) is 0 Å². The van der Waals surface area contributed by atoms with Crippen LogP contribution in [0.2, 0.25) is 0 Å². The van der Waals surface area contributed by atoms with Gasteiger partial charge in [-0.1, -0.05) is 6.92 Å². The molecule has 0 amide bonds. The Morgan fingerprint density at radius 2 is 2.00 bits per heavy atom. The number of likely N-dealkylation sites (N-methyl/N-ethyl adjacent to an activating group) is 1. The molecule has 0 fully saturated rings. The topological polar surface area (TPSA) is 57.6 Å². The summed E-state index contributed by atoms with van der Waals surface area (Å²) in [7, 11) is -3.10. The molecule has 0 unspecified atom stereocenters. The lowest BCUT2D eigenvalue weighted by atomic mass is 10.6. The second-order valence-electron chi connectivity index (χ2n) is 1.98. The summed E-state index contributed by atoms with van der Waals surface area (Å²) in [6.07, 6.45) is 1.13. The summed E-state index contributed by atoms with van der Waals surface area (Å²) in [5, 5.41) is 8.43. The first kappa shape index (κ1) is 9.87. The van der Waals surface area contributed by atoms with Gasteiger partial charge < -0.3 is 5.11 Å². The van der Waals surface area contributed by atoms with Crippen LogP contribution < -0.4 is 0 Å². The van der Waals surface area contributed by atoms with Gasteiger partial charge in [0, 0.05) is 13.1 Å². The van der Waals surface area contributed by atoms with Crippen LogP contribution in [0, 0.1) is 0 Å². The molecule has 0 aliphatic heterocycles. The Morgan fingerprint density at radius 3 is 2.10 bits per heavy atom. The molecule has 0 spiro atoms. The molecule has 0 atom stereocenters. The molecule has 0 radical (unpaired) electrons. The van der Waals surface area contributed by atoms with E-state index >= 15 is 0 Å². The van der Waals surface area contributed by atoms with Crippen molar-refractivity contribution < 1.29 is 13.5 Å². The molecule has 0 aliphatic carbocycles. The lowest BCUT2D eigenvalue weighted by molar-refractivity contribution is 0.257. The molecule has 0 heterocycles. The lowest BCUT2D eigenvalue weighted by Gasteiger charge is -2.15. The first-order chi connectivity index (χ1) is 4.52. The molecule has 4 nitrogen and oxygen atoms in total. The van der Waals surface area contributed by atoms with Crippen LogP contribution in [0.1, 0.15) is 6.92 Å². The second-order valence-corrected chi connectivity index (χ2v) is 3.96. The largest absolute Gasteiger partial charge is 0.395 e. The van der Waals surface area contributed by atoms with Gasteiger partial charge in [0.2, 0.25) is 10.0 Å². The Hall–Kier alpha value is -0.130. The van der Waals surface area contributed by atoms with E-state index in [1.165, 1.54) is 4.31 Å². The summed E-state index contributed by atoms with van der Waals surface area (Å²) >= 11 is 0. The average Bonchev–Trinajstić information content (AvgIpc) is 1.80. The van der Waals surface area contributed by atoms with Crippen molar-refractivity contribution >= 4 is 10.0 Å². The third-order valence-corrected chi connectivity index (χ3v) is 2.55. The minimum atomic E-state index is -3.10. The van der Waals surface area contributed by atoms with Crippen LogP contribution in [0.15, 0.2) is 0 Å². The quantitative estimate of drug-likeness (QED) is 0.600. The number of aliphatic hydroxyl groups is 1. The molecule has 0 aromatic rings. The fourth-order valence-electron chi connectivity index (χ4n) is 0.670. The molecule has 0 aliphatic rings. The van der Waals surface area contributed by atoms with Crippen LogP contribution in [0.4, 0.5) is 0 Å². The number of rotatable bonds is 4. The van der Waals surface area contributed by atoms with E-state index in [9.17, 15) is 8.42 Å². The van der Waals surface area contributed by atoms with Crippen molar-refractivity contribution in [3.8, 4) is 0 Å². The molecule has 0 bridgehead atoms. The summed E-state index contributed by atoms with van der Waals surface area (Å²) in [4.78, 5) is 0. The first-order valence-electron chi connectivity index (χ1n) is 3.08. The van der Waals surface area contributed by atoms with Crippen molar-refractivity contribution in [1.29, 1.82) is 0 Å². The van der Waals surface area contributed by atoms with E-state index in [0.717, 1.165) is 6.26 Å². The molecule has 0 saturated carbocycles. The van der Waals surface area contributed by atoms with E-state index in [2.05, 4.69) is 0 Å². The Labute approximate surface area is 61.5 Å². The zero-order chi connectivity index (χ0) is 8.20. The average molecular weight is 167 g/mol. The van der Waals surface area contributed by atoms with Crippen LogP contribution >= 0.6 is 0 Å². The lowest BCUT2D eigenvalue weighted by Crippen LogP contribution is -2.32. The van der Waals surface area contributed by atoms with Crippen molar-refractivity contribution in [3.05, 3.63) is 0 Å². The highest BCUT2D eigenvalue weighted by atomic mass is 32.2. The van der Waals surface area contributed by atoms with E-state index < -0.39 is 10.0 Å². The van der Waals surface area contributed by atoms with Gasteiger partial charge in [0.15, 0.2) is 0 Å². The third-order valence-electron chi connectivity index (χ3n) is 1.17. The van der Waals surface area contributed by atoms with E-state index in [0.29, 0.717) is 6.54 Å². The maximum Gasteiger partial charge on any atom is 0.211 e. The normalized spacial score (nSPS) is 12.4. The van der Waals surface area contributed by atoms with Crippen LogP contribution in [-0.4, -0.2) is 43.8 Å². The maximum absolute atomic E-state index is 10.8. The van der Waals surface area contributed by atoms with Crippen molar-refractivity contribution in [3.63, 3.8) is 0 Å². The van der Waals surface area contributed by atoms with Crippen molar-refractivity contribution in [1.82, 2.24) is 4.31 Å². The summed E-state index contributed by atoms with van der Waals surface area (Å²) in [6.45, 7) is 2.21. The highest BCUT2D eigenvalue weighted by molar-refractivity contribution is 7.88. The predicted octanol–water partition coefficient (Wildman–Crippen LogP) is -0.740. The van der Waals surface area contributed by atoms with Crippen LogP contribution in [0.25, 0.3) is 0 Å². The molecule has 62 valence electrons. The van der Waals surface area contributed by atoms with E-state index in [1.54, 1.807) is 6.92 Å². The van der Waals surface area contributed by atoms with Crippen LogP contribution in [-0.2, 0) is 10.0 Å². The number of aliphatic hydroxyl groups excluding tert-OH is 1. The Bertz CT molecular complexity index is 175. The van der Waals surface area contributed by atoms with Gasteiger partial charge in [0.25, 0.3) is 0 Å². The predicted molar refractivity (Wildman–Crippen MR) is 39.2 cm³/mol. The second kappa shape index (κ2) is 3.90. The van der Waals surface area contributed by atoms with Crippen molar-refractivity contribution in [2.75, 3.05) is 26.0 Å². The van der Waals surface area contributed by atoms with Crippen molar-refractivity contribution in [2.45, 2.75) is 6.92 Å². The number of hydrogen-bond acceptors (Lipinski definition) is 3. The number of sulfonamides is 1. The summed E-state index contributed by atoms with van der Waals surface area (Å²) in [5.74, 6) is 0. The van der Waals surface area contributed by atoms with E-state index in [4.69, 9.17) is 5.11 Å². The van der Waals surface area contributed by atoms with Crippen molar-refractivity contribution in [2.24, 2.45) is 0 Å². The zero-order valence-corrected chi connectivity index (χ0v) is 7.06. The molecule has 1 N–H and O–H groups in total. The Morgan fingerprint density at radius 1 is 1.50 bits per heavy atom. The van der Waals surface area contributed by atoms with Gasteiger partial charge in [0.05, 0.1) is 12.9 Å². The van der Waals surface area contributed by atoms with Gasteiger partial charge in [0.1, 0.15) is 0 Å². The van der Waals surface area contributed by atoms with Gasteiger partial charge in [-0.05, 0) is 0 Å². The fraction of sp³-hybridized carbons (Fsp3) is 1.00. The summed E-state index contributed by atoms with van der Waals surface area (Å²) in [5.41, 5.74) is 0. The minimum absolute atomic E-state index is 0.124. The van der Waals surface area contributed by atoms with Crippen LogP contribution in [0.3, 0.4) is 0 Å². The van der Waals surface area contributed by atoms with Gasteiger partial charge in [-0.2, -0.15) is 0 Å². The third kappa shape index (κ3) is 3.14. The monoisotopic (exact) mass is 167 g/mol. The number of hydrogen-bond donors (Lipinski definition) is 1. The van der Waals surface area contributed by atoms with Gasteiger partial charge in [-0.25, -0.2) is 12.7 Å². The standard InChI is InChI=1S/C5H13NO3S/c1-3-6(4-5-7)10(2,8)9/h7H,3-5H2,1-2H3. The molecule has 0 aromatic carbocycles. The number of nitrogens with zero attached hydrogens (tertiary/aromatic N) is 1. The molecule has 10 heavy (non-hydrogen) atoms. The SMILES string of the molecule is CCN(CCO)S(C)(=O)=O. The molecule has 0 aromatic heterocycles. The maximum atomic E-state index is 10.8. The van der Waals surface area contributed by atoms with Gasteiger partial charge in [-0.3, -0.25) is 0 Å². The molecule has 0 rings (SSSR count). The Balaban J connectivity index is 4.08. The smallest absolute Gasteiger partial charge is 0.211 e. The highest BCUT2D eigenvalue weighted by Crippen LogP contribution is 1.94. The molecular formula is C5H13NO3S. The minimum Gasteiger partial charge on any atom is -0.395 e. The highest BCUT2D eigenvalue weighted by Gasteiger charge is 2.11. The molecule has 5 heteroatoms. The first-order valence-corrected chi connectivity index (χ1v) is 4.93.